The molecule has 1 unspecified atom stereocenters. The summed E-state index contributed by atoms with van der Waals surface area (Å²) >= 11 is 1.32. The van der Waals surface area contributed by atoms with Crippen LogP contribution in [0.3, 0.4) is 0 Å². The van der Waals surface area contributed by atoms with E-state index in [0.717, 1.165) is 11.3 Å². The van der Waals surface area contributed by atoms with E-state index in [1.54, 1.807) is 18.6 Å². The van der Waals surface area contributed by atoms with Gasteiger partial charge in [-0.25, -0.2) is 9.37 Å². The Morgan fingerprint density at radius 1 is 1.37 bits per heavy atom. The molecule has 2 aromatic rings. The first-order valence-electron chi connectivity index (χ1n) is 10.1. The second kappa shape index (κ2) is 10.4. The topological polar surface area (TPSA) is 87.6 Å². The van der Waals surface area contributed by atoms with Crippen molar-refractivity contribution in [3.05, 3.63) is 45.7 Å². The van der Waals surface area contributed by atoms with E-state index in [4.69, 9.17) is 4.74 Å². The first-order valence-corrected chi connectivity index (χ1v) is 10.9. The molecule has 1 amide bonds. The molecule has 7 nitrogen and oxygen atoms in total. The summed E-state index contributed by atoms with van der Waals surface area (Å²) in [7, 11) is 1.66. The first-order chi connectivity index (χ1) is 14.5. The molecule has 1 atom stereocenters. The maximum Gasteiger partial charge on any atom is 0.263 e. The monoisotopic (exact) mass is 433 g/mol. The third kappa shape index (κ3) is 6.16. The lowest BCUT2D eigenvalue weighted by molar-refractivity contribution is 0.0957. The number of nitrogens with zero attached hydrogens (tertiary/aromatic N) is 2. The third-order valence-corrected chi connectivity index (χ3v) is 5.79. The first kappa shape index (κ1) is 22.0. The molecule has 3 rings (SSSR count). The summed E-state index contributed by atoms with van der Waals surface area (Å²) in [6, 6.07) is 4.87. The van der Waals surface area contributed by atoms with Gasteiger partial charge in [0.1, 0.15) is 4.88 Å². The van der Waals surface area contributed by atoms with Crippen molar-refractivity contribution in [3.8, 4) is 5.75 Å². The highest BCUT2D eigenvalue weighted by atomic mass is 32.1. The molecule has 1 fully saturated rings. The number of aliphatic imine (C=N–C) groups is 1. The van der Waals surface area contributed by atoms with Crippen LogP contribution < -0.4 is 20.7 Å². The van der Waals surface area contributed by atoms with Crippen molar-refractivity contribution in [2.24, 2.45) is 10.9 Å². The molecule has 1 saturated carbocycles. The van der Waals surface area contributed by atoms with Crippen molar-refractivity contribution >= 4 is 23.2 Å². The fraction of sp³-hybridized carbons (Fsp3) is 0.476. The summed E-state index contributed by atoms with van der Waals surface area (Å²) in [5.74, 6) is 0.959. The maximum absolute atomic E-state index is 14.3. The van der Waals surface area contributed by atoms with Gasteiger partial charge in [0.25, 0.3) is 5.91 Å². The van der Waals surface area contributed by atoms with Gasteiger partial charge in [0, 0.05) is 20.1 Å². The van der Waals surface area contributed by atoms with Gasteiger partial charge in [-0.3, -0.25) is 9.79 Å². The summed E-state index contributed by atoms with van der Waals surface area (Å²) in [5, 5.41) is 9.22. The normalized spacial score (nSPS) is 14.9. The minimum atomic E-state index is -0.356. The summed E-state index contributed by atoms with van der Waals surface area (Å²) in [6.07, 6.45) is 2.34. The molecule has 1 aliphatic rings. The van der Waals surface area contributed by atoms with Crippen molar-refractivity contribution in [1.29, 1.82) is 0 Å². The lowest BCUT2D eigenvalue weighted by atomic mass is 10.1. The van der Waals surface area contributed by atoms with Crippen LogP contribution in [0.25, 0.3) is 0 Å². The molecule has 0 spiro atoms. The van der Waals surface area contributed by atoms with Crippen LogP contribution in [0, 0.1) is 18.7 Å². The van der Waals surface area contributed by atoms with Crippen LogP contribution in [0.4, 0.5) is 4.39 Å². The van der Waals surface area contributed by atoms with Crippen LogP contribution in [0.5, 0.6) is 5.75 Å². The zero-order valence-corrected chi connectivity index (χ0v) is 18.3. The number of aryl methyl sites for hydroxylation is 1. The smallest absolute Gasteiger partial charge is 0.263 e. The predicted molar refractivity (Wildman–Crippen MR) is 117 cm³/mol. The number of thiazole rings is 1. The fourth-order valence-corrected chi connectivity index (χ4v) is 3.55. The Kier molecular flexibility index (Phi) is 7.62. The van der Waals surface area contributed by atoms with Gasteiger partial charge in [0.15, 0.2) is 17.5 Å². The number of ether oxygens (including phenoxy) is 1. The van der Waals surface area contributed by atoms with Crippen molar-refractivity contribution in [2.75, 3.05) is 26.7 Å². The van der Waals surface area contributed by atoms with Crippen molar-refractivity contribution in [2.45, 2.75) is 32.7 Å². The zero-order valence-electron chi connectivity index (χ0n) is 17.5. The Balaban J connectivity index is 1.43. The lowest BCUT2D eigenvalue weighted by Crippen LogP contribution is -2.42. The number of hydrogen-bond donors (Lipinski definition) is 3. The average Bonchev–Trinajstić information content (AvgIpc) is 3.47. The Morgan fingerprint density at radius 3 is 2.77 bits per heavy atom. The molecule has 1 aliphatic carbocycles. The summed E-state index contributed by atoms with van der Waals surface area (Å²) in [5.41, 5.74) is 3.18. The number of carbonyl (C=O) groups excluding carboxylic acids is 1. The Hall–Kier alpha value is -2.68. The van der Waals surface area contributed by atoms with Gasteiger partial charge in [0.05, 0.1) is 23.9 Å². The van der Waals surface area contributed by atoms with Crippen LogP contribution in [0.15, 0.2) is 28.7 Å². The van der Waals surface area contributed by atoms with E-state index in [0.29, 0.717) is 42.2 Å². The van der Waals surface area contributed by atoms with Crippen molar-refractivity contribution < 1.29 is 13.9 Å². The van der Waals surface area contributed by atoms with Crippen LogP contribution in [-0.4, -0.2) is 43.6 Å². The van der Waals surface area contributed by atoms with Gasteiger partial charge in [0.2, 0.25) is 0 Å². The van der Waals surface area contributed by atoms with Gasteiger partial charge in [-0.2, -0.15) is 0 Å². The minimum absolute atomic E-state index is 0.132. The van der Waals surface area contributed by atoms with E-state index < -0.39 is 0 Å². The number of rotatable bonds is 9. The second-order valence-corrected chi connectivity index (χ2v) is 8.19. The number of carbonyl (C=O) groups is 1. The summed E-state index contributed by atoms with van der Waals surface area (Å²) in [4.78, 5) is 21.0. The Bertz CT molecular complexity index is 897. The molecule has 1 aromatic heterocycles. The zero-order chi connectivity index (χ0) is 21.5. The third-order valence-electron chi connectivity index (χ3n) is 4.86. The van der Waals surface area contributed by atoms with Crippen molar-refractivity contribution in [3.63, 3.8) is 0 Å². The number of benzene rings is 1. The summed E-state index contributed by atoms with van der Waals surface area (Å²) < 4.78 is 19.9. The van der Waals surface area contributed by atoms with E-state index in [1.807, 2.05) is 19.9 Å². The molecular weight excluding hydrogens is 405 g/mol. The quantitative estimate of drug-likeness (QED) is 0.321. The number of hydrogen-bond acceptors (Lipinski definition) is 5. The number of guanidine groups is 1. The second-order valence-electron chi connectivity index (χ2n) is 7.33. The number of aromatic nitrogens is 1. The van der Waals surface area contributed by atoms with E-state index in [9.17, 15) is 9.18 Å². The van der Waals surface area contributed by atoms with E-state index >= 15 is 0 Å². The predicted octanol–water partition coefficient (Wildman–Crippen LogP) is 3.04. The average molecular weight is 434 g/mol. The van der Waals surface area contributed by atoms with Crippen LogP contribution in [-0.2, 0) is 0 Å². The largest absolute Gasteiger partial charge is 0.490 e. The van der Waals surface area contributed by atoms with Crippen molar-refractivity contribution in [1.82, 2.24) is 20.9 Å². The number of nitrogens with one attached hydrogen (secondary N) is 3. The maximum atomic E-state index is 14.3. The molecule has 162 valence electrons. The Morgan fingerprint density at radius 2 is 2.13 bits per heavy atom. The standard InChI is InChI=1S/C21H28FN5O2S/c1-13(16-6-7-18(17(22)10-16)29-11-15-4-5-15)27-21(23-3)25-9-8-24-20(28)19-14(2)26-12-30-19/h6-7,10,12-13,15H,4-5,8-9,11H2,1-3H3,(H,24,28)(H2,23,25,27). The fourth-order valence-electron chi connectivity index (χ4n) is 2.84. The molecular formula is C21H28FN5O2S. The number of amides is 1. The molecule has 9 heteroatoms. The van der Waals surface area contributed by atoms with Gasteiger partial charge < -0.3 is 20.7 Å². The molecule has 1 heterocycles. The Labute approximate surface area is 180 Å². The molecule has 0 radical (unpaired) electrons. The van der Waals surface area contributed by atoms with E-state index in [-0.39, 0.29) is 17.8 Å². The molecule has 3 N–H and O–H groups in total. The highest BCUT2D eigenvalue weighted by Crippen LogP contribution is 2.30. The molecule has 1 aromatic carbocycles. The van der Waals surface area contributed by atoms with Crippen LogP contribution in [0.1, 0.15) is 46.7 Å². The summed E-state index contributed by atoms with van der Waals surface area (Å²) in [6.45, 7) is 5.26. The van der Waals surface area contributed by atoms with Gasteiger partial charge in [-0.05, 0) is 50.3 Å². The van der Waals surface area contributed by atoms with E-state index in [1.165, 1.54) is 30.2 Å². The van der Waals surface area contributed by atoms with Gasteiger partial charge >= 0.3 is 0 Å². The number of halogens is 1. The van der Waals surface area contributed by atoms with E-state index in [2.05, 4.69) is 25.9 Å². The van der Waals surface area contributed by atoms with Gasteiger partial charge in [-0.1, -0.05) is 6.07 Å². The SMILES string of the molecule is CN=C(NCCNC(=O)c1scnc1C)NC(C)c1ccc(OCC2CC2)c(F)c1. The highest BCUT2D eigenvalue weighted by molar-refractivity contribution is 7.11. The highest BCUT2D eigenvalue weighted by Gasteiger charge is 2.22. The molecule has 0 bridgehead atoms. The van der Waals surface area contributed by atoms with Crippen LogP contribution in [0.2, 0.25) is 0 Å². The molecule has 0 aliphatic heterocycles. The van der Waals surface area contributed by atoms with Crippen LogP contribution >= 0.6 is 11.3 Å². The van der Waals surface area contributed by atoms with Gasteiger partial charge in [-0.15, -0.1) is 11.3 Å². The minimum Gasteiger partial charge on any atom is -0.490 e. The molecule has 30 heavy (non-hydrogen) atoms. The molecule has 0 saturated heterocycles. The lowest BCUT2D eigenvalue weighted by Gasteiger charge is -2.19.